The van der Waals surface area contributed by atoms with Crippen molar-refractivity contribution in [3.63, 3.8) is 0 Å². The number of nitrogens with zero attached hydrogens (tertiary/aromatic N) is 4. The highest BCUT2D eigenvalue weighted by molar-refractivity contribution is 5.77. The third-order valence-electron chi connectivity index (χ3n) is 3.00. The fourth-order valence-electron chi connectivity index (χ4n) is 2.03. The zero-order valence-corrected chi connectivity index (χ0v) is 12.2. The van der Waals surface area contributed by atoms with Crippen LogP contribution >= 0.6 is 0 Å². The van der Waals surface area contributed by atoms with Crippen LogP contribution in [0.15, 0.2) is 12.1 Å². The standard InChI is InChI=1S/C13H12N6O4/c1-22-9-4-6(3-8(19(20)21)11(9)23-2)10-7(5-14)12(15)18-13(16)17-10/h3-4H,1-2H3,(H4,15,16,17,18). The number of aromatic nitrogens is 2. The molecule has 23 heavy (non-hydrogen) atoms. The van der Waals surface area contributed by atoms with E-state index in [4.69, 9.17) is 20.9 Å². The number of ether oxygens (including phenoxy) is 2. The average molecular weight is 316 g/mol. The van der Waals surface area contributed by atoms with E-state index in [1.807, 2.05) is 6.07 Å². The van der Waals surface area contributed by atoms with Gasteiger partial charge in [-0.25, -0.2) is 4.98 Å². The number of nitriles is 1. The van der Waals surface area contributed by atoms with Gasteiger partial charge in [-0.05, 0) is 6.07 Å². The molecule has 0 spiro atoms. The first kappa shape index (κ1) is 15.8. The molecule has 0 aliphatic carbocycles. The van der Waals surface area contributed by atoms with E-state index < -0.39 is 4.92 Å². The Labute approximate surface area is 130 Å². The molecule has 1 aromatic heterocycles. The van der Waals surface area contributed by atoms with Crippen LogP contribution in [-0.2, 0) is 0 Å². The zero-order valence-electron chi connectivity index (χ0n) is 12.2. The molecule has 1 aromatic carbocycles. The molecule has 10 nitrogen and oxygen atoms in total. The van der Waals surface area contributed by atoms with Gasteiger partial charge in [-0.15, -0.1) is 0 Å². The molecule has 0 saturated heterocycles. The first-order chi connectivity index (χ1) is 10.9. The number of rotatable bonds is 4. The Kier molecular flexibility index (Phi) is 4.13. The van der Waals surface area contributed by atoms with Crippen LogP contribution in [0, 0.1) is 21.4 Å². The highest BCUT2D eigenvalue weighted by Crippen LogP contribution is 2.41. The van der Waals surface area contributed by atoms with Gasteiger partial charge >= 0.3 is 5.69 Å². The Bertz CT molecular complexity index is 830. The molecule has 2 aromatic rings. The van der Waals surface area contributed by atoms with Crippen LogP contribution in [-0.4, -0.2) is 29.1 Å². The van der Waals surface area contributed by atoms with Gasteiger partial charge in [0.1, 0.15) is 17.5 Å². The van der Waals surface area contributed by atoms with Crippen LogP contribution in [0.4, 0.5) is 17.5 Å². The number of hydrogen-bond donors (Lipinski definition) is 2. The maximum absolute atomic E-state index is 11.2. The fraction of sp³-hybridized carbons (Fsp3) is 0.154. The van der Waals surface area contributed by atoms with Crippen molar-refractivity contribution in [2.75, 3.05) is 25.7 Å². The van der Waals surface area contributed by atoms with Gasteiger partial charge in [-0.1, -0.05) is 0 Å². The minimum atomic E-state index is -0.634. The van der Waals surface area contributed by atoms with Crippen LogP contribution in [0.3, 0.4) is 0 Å². The second-order valence-corrected chi connectivity index (χ2v) is 4.29. The summed E-state index contributed by atoms with van der Waals surface area (Å²) in [5, 5.41) is 20.5. The summed E-state index contributed by atoms with van der Waals surface area (Å²) in [5.74, 6) is -0.215. The van der Waals surface area contributed by atoms with Crippen LogP contribution in [0.25, 0.3) is 11.3 Å². The number of benzene rings is 1. The first-order valence-corrected chi connectivity index (χ1v) is 6.16. The molecule has 0 fully saturated rings. The van der Waals surface area contributed by atoms with Gasteiger partial charge in [-0.2, -0.15) is 10.2 Å². The molecule has 0 bridgehead atoms. The molecule has 0 aliphatic rings. The minimum absolute atomic E-state index is 0.0410. The van der Waals surface area contributed by atoms with Crippen molar-refractivity contribution < 1.29 is 14.4 Å². The highest BCUT2D eigenvalue weighted by atomic mass is 16.6. The summed E-state index contributed by atoms with van der Waals surface area (Å²) in [5.41, 5.74) is 11.1. The van der Waals surface area contributed by atoms with Gasteiger partial charge in [0.05, 0.1) is 24.8 Å². The summed E-state index contributed by atoms with van der Waals surface area (Å²) in [7, 11) is 2.62. The molecule has 4 N–H and O–H groups in total. The Morgan fingerprint density at radius 1 is 1.26 bits per heavy atom. The normalized spacial score (nSPS) is 9.96. The number of nitrogens with two attached hydrogens (primary N) is 2. The highest BCUT2D eigenvalue weighted by Gasteiger charge is 2.24. The second kappa shape index (κ2) is 6.02. The monoisotopic (exact) mass is 316 g/mol. The average Bonchev–Trinajstić information content (AvgIpc) is 2.52. The molecule has 0 atom stereocenters. The lowest BCUT2D eigenvalue weighted by atomic mass is 10.1. The van der Waals surface area contributed by atoms with E-state index >= 15 is 0 Å². The molecule has 0 amide bonds. The number of methoxy groups -OCH3 is 2. The molecule has 10 heteroatoms. The Hall–Kier alpha value is -3.61. The van der Waals surface area contributed by atoms with Crippen molar-refractivity contribution in [2.24, 2.45) is 0 Å². The number of nitrogen functional groups attached to an aromatic ring is 2. The van der Waals surface area contributed by atoms with Gasteiger partial charge < -0.3 is 20.9 Å². The lowest BCUT2D eigenvalue weighted by Gasteiger charge is -2.11. The lowest BCUT2D eigenvalue weighted by Crippen LogP contribution is -2.05. The largest absolute Gasteiger partial charge is 0.493 e. The van der Waals surface area contributed by atoms with Crippen molar-refractivity contribution in [2.45, 2.75) is 0 Å². The summed E-state index contributed by atoms with van der Waals surface area (Å²) in [4.78, 5) is 18.3. The van der Waals surface area contributed by atoms with E-state index in [1.165, 1.54) is 26.4 Å². The van der Waals surface area contributed by atoms with Crippen LogP contribution in [0.5, 0.6) is 11.5 Å². The zero-order chi connectivity index (χ0) is 17.1. The third-order valence-corrected chi connectivity index (χ3v) is 3.00. The molecule has 0 aliphatic heterocycles. The maximum Gasteiger partial charge on any atom is 0.315 e. The van der Waals surface area contributed by atoms with Crippen molar-refractivity contribution in [3.8, 4) is 28.8 Å². The van der Waals surface area contributed by atoms with Gasteiger partial charge in [0, 0.05) is 11.6 Å². The van der Waals surface area contributed by atoms with Crippen molar-refractivity contribution in [1.82, 2.24) is 9.97 Å². The number of nitro benzene ring substituents is 1. The van der Waals surface area contributed by atoms with E-state index in [0.717, 1.165) is 0 Å². The van der Waals surface area contributed by atoms with E-state index in [-0.39, 0.29) is 45.8 Å². The maximum atomic E-state index is 11.2. The van der Waals surface area contributed by atoms with Crippen molar-refractivity contribution in [3.05, 3.63) is 27.8 Å². The summed E-state index contributed by atoms with van der Waals surface area (Å²) in [6.45, 7) is 0. The topological polar surface area (TPSA) is 163 Å². The smallest absolute Gasteiger partial charge is 0.315 e. The molecule has 2 rings (SSSR count). The van der Waals surface area contributed by atoms with E-state index in [2.05, 4.69) is 9.97 Å². The SMILES string of the molecule is COc1cc(-c2nc(N)nc(N)c2C#N)cc([N+](=O)[O-])c1OC. The third kappa shape index (κ3) is 2.75. The van der Waals surface area contributed by atoms with Gasteiger partial charge in [-0.3, -0.25) is 10.1 Å². The lowest BCUT2D eigenvalue weighted by molar-refractivity contribution is -0.385. The first-order valence-electron chi connectivity index (χ1n) is 6.16. The Morgan fingerprint density at radius 2 is 1.96 bits per heavy atom. The summed E-state index contributed by atoms with van der Waals surface area (Å²) in [6.07, 6.45) is 0. The Balaban J connectivity index is 2.83. The number of hydrogen-bond acceptors (Lipinski definition) is 9. The second-order valence-electron chi connectivity index (χ2n) is 4.29. The van der Waals surface area contributed by atoms with E-state index in [1.54, 1.807) is 0 Å². The summed E-state index contributed by atoms with van der Waals surface area (Å²) >= 11 is 0. The summed E-state index contributed by atoms with van der Waals surface area (Å²) < 4.78 is 10.1. The van der Waals surface area contributed by atoms with Gasteiger partial charge in [0.25, 0.3) is 0 Å². The van der Waals surface area contributed by atoms with Crippen molar-refractivity contribution >= 4 is 17.5 Å². The van der Waals surface area contributed by atoms with Gasteiger partial charge in [0.2, 0.25) is 11.7 Å². The molecule has 0 radical (unpaired) electrons. The molecular weight excluding hydrogens is 304 g/mol. The quantitative estimate of drug-likeness (QED) is 0.620. The molecule has 1 heterocycles. The number of nitro groups is 1. The molecule has 118 valence electrons. The Morgan fingerprint density at radius 3 is 2.48 bits per heavy atom. The van der Waals surface area contributed by atoms with E-state index in [0.29, 0.717) is 0 Å². The van der Waals surface area contributed by atoms with Crippen LogP contribution in [0.2, 0.25) is 0 Å². The minimum Gasteiger partial charge on any atom is -0.493 e. The molecular formula is C13H12N6O4. The van der Waals surface area contributed by atoms with Crippen molar-refractivity contribution in [1.29, 1.82) is 5.26 Å². The fourth-order valence-corrected chi connectivity index (χ4v) is 2.03. The summed E-state index contributed by atoms with van der Waals surface area (Å²) in [6, 6.07) is 4.49. The molecule has 0 saturated carbocycles. The predicted molar refractivity (Wildman–Crippen MR) is 80.8 cm³/mol. The van der Waals surface area contributed by atoms with Crippen LogP contribution in [0.1, 0.15) is 5.56 Å². The van der Waals surface area contributed by atoms with Crippen LogP contribution < -0.4 is 20.9 Å². The van der Waals surface area contributed by atoms with Gasteiger partial charge in [0.15, 0.2) is 5.75 Å². The van der Waals surface area contributed by atoms with E-state index in [9.17, 15) is 15.4 Å². The number of anilines is 2. The molecule has 0 unspecified atom stereocenters. The predicted octanol–water partition coefficient (Wildman–Crippen LogP) is 1.11.